The van der Waals surface area contributed by atoms with Crippen LogP contribution in [0.25, 0.3) is 11.1 Å². The van der Waals surface area contributed by atoms with Crippen LogP contribution >= 0.6 is 0 Å². The number of hydrogen-bond acceptors (Lipinski definition) is 3. The maximum atomic E-state index is 13.5. The molecule has 1 fully saturated rings. The summed E-state index contributed by atoms with van der Waals surface area (Å²) in [6, 6.07) is 10.1. The lowest BCUT2D eigenvalue weighted by Crippen LogP contribution is -2.17. The van der Waals surface area contributed by atoms with Crippen LogP contribution in [0.1, 0.15) is 42.1 Å². The van der Waals surface area contributed by atoms with E-state index in [4.69, 9.17) is 0 Å². The molecule has 0 saturated carbocycles. The van der Waals surface area contributed by atoms with E-state index < -0.39 is 11.9 Å². The van der Waals surface area contributed by atoms with Crippen molar-refractivity contribution in [1.29, 1.82) is 0 Å². The third kappa shape index (κ3) is 3.57. The Labute approximate surface area is 146 Å². The molecule has 0 radical (unpaired) electrons. The maximum absolute atomic E-state index is 13.5. The molecule has 0 aromatic heterocycles. The summed E-state index contributed by atoms with van der Waals surface area (Å²) in [5, 5.41) is 19.7. The first kappa shape index (κ1) is 17.6. The monoisotopic (exact) mass is 343 g/mol. The van der Waals surface area contributed by atoms with E-state index in [0.717, 1.165) is 41.6 Å². The van der Waals surface area contributed by atoms with E-state index in [1.54, 1.807) is 17.9 Å². The molecular formula is C20H22FNO3. The zero-order chi connectivity index (χ0) is 18.0. The van der Waals surface area contributed by atoms with Crippen LogP contribution in [0.5, 0.6) is 0 Å². The van der Waals surface area contributed by atoms with Gasteiger partial charge < -0.3 is 15.1 Å². The number of amides is 1. The molecule has 2 aromatic rings. The van der Waals surface area contributed by atoms with Gasteiger partial charge in [-0.2, -0.15) is 0 Å². The lowest BCUT2D eigenvalue weighted by molar-refractivity contribution is -0.117. The molecule has 2 aromatic carbocycles. The SMILES string of the molecule is CC(O)c1cc(F)ccc1-c1ccc(C2CCN(C=O)C2)c(CO)c1. The van der Waals surface area contributed by atoms with Crippen molar-refractivity contribution < 1.29 is 19.4 Å². The number of carbonyl (C=O) groups is 1. The van der Waals surface area contributed by atoms with Crippen molar-refractivity contribution in [3.05, 3.63) is 58.9 Å². The standard InChI is InChI=1S/C20H22FNO3/c1-13(25)20-9-17(21)3-5-19(20)14-2-4-18(16(8-14)11-23)15-6-7-22(10-15)12-24/h2-5,8-9,12-13,15,23,25H,6-7,10-11H2,1H3. The molecule has 1 heterocycles. The number of carbonyl (C=O) groups excluding carboxylic acids is 1. The summed E-state index contributed by atoms with van der Waals surface area (Å²) in [5.74, 6) is -0.176. The van der Waals surface area contributed by atoms with Crippen LogP contribution in [0.4, 0.5) is 4.39 Å². The Morgan fingerprint density at radius 3 is 2.76 bits per heavy atom. The fraction of sp³-hybridized carbons (Fsp3) is 0.350. The number of likely N-dealkylation sites (tertiary alicyclic amines) is 1. The highest BCUT2D eigenvalue weighted by molar-refractivity contribution is 5.69. The number of halogens is 1. The van der Waals surface area contributed by atoms with Gasteiger partial charge in [-0.3, -0.25) is 4.79 Å². The molecule has 4 nitrogen and oxygen atoms in total. The van der Waals surface area contributed by atoms with Gasteiger partial charge in [-0.05, 0) is 59.4 Å². The van der Waals surface area contributed by atoms with Gasteiger partial charge in [-0.15, -0.1) is 0 Å². The van der Waals surface area contributed by atoms with Crippen LogP contribution in [0.2, 0.25) is 0 Å². The first-order valence-corrected chi connectivity index (χ1v) is 8.44. The van der Waals surface area contributed by atoms with Gasteiger partial charge in [-0.1, -0.05) is 18.2 Å². The van der Waals surface area contributed by atoms with E-state index in [9.17, 15) is 19.4 Å². The second-order valence-corrected chi connectivity index (χ2v) is 6.57. The highest BCUT2D eigenvalue weighted by atomic mass is 19.1. The Morgan fingerprint density at radius 1 is 1.32 bits per heavy atom. The average molecular weight is 343 g/mol. The third-order valence-electron chi connectivity index (χ3n) is 4.90. The Hall–Kier alpha value is -2.24. The number of rotatable bonds is 5. The molecule has 1 aliphatic heterocycles. The molecule has 2 N–H and O–H groups in total. The van der Waals surface area contributed by atoms with Crippen molar-refractivity contribution in [2.24, 2.45) is 0 Å². The van der Waals surface area contributed by atoms with Crippen molar-refractivity contribution in [3.63, 3.8) is 0 Å². The Balaban J connectivity index is 1.99. The topological polar surface area (TPSA) is 60.8 Å². The van der Waals surface area contributed by atoms with E-state index in [2.05, 4.69) is 0 Å². The van der Waals surface area contributed by atoms with Crippen molar-refractivity contribution in [3.8, 4) is 11.1 Å². The summed E-state index contributed by atoms with van der Waals surface area (Å²) in [6.07, 6.45) is 0.944. The van der Waals surface area contributed by atoms with E-state index in [1.807, 2.05) is 18.2 Å². The predicted molar refractivity (Wildman–Crippen MR) is 93.4 cm³/mol. The fourth-order valence-electron chi connectivity index (χ4n) is 3.59. The van der Waals surface area contributed by atoms with Gasteiger partial charge in [0.05, 0.1) is 12.7 Å². The molecule has 25 heavy (non-hydrogen) atoms. The van der Waals surface area contributed by atoms with Crippen LogP contribution in [-0.4, -0.2) is 34.6 Å². The lowest BCUT2D eigenvalue weighted by Gasteiger charge is -2.18. The molecule has 0 spiro atoms. The smallest absolute Gasteiger partial charge is 0.209 e. The van der Waals surface area contributed by atoms with Crippen molar-refractivity contribution in [2.45, 2.75) is 32.0 Å². The molecule has 1 saturated heterocycles. The normalized spacial score (nSPS) is 18.4. The van der Waals surface area contributed by atoms with Crippen molar-refractivity contribution in [1.82, 2.24) is 4.90 Å². The molecule has 1 aliphatic rings. The zero-order valence-corrected chi connectivity index (χ0v) is 14.2. The number of aliphatic hydroxyl groups is 2. The van der Waals surface area contributed by atoms with Crippen LogP contribution < -0.4 is 0 Å². The van der Waals surface area contributed by atoms with E-state index in [0.29, 0.717) is 12.1 Å². The zero-order valence-electron chi connectivity index (χ0n) is 14.2. The van der Waals surface area contributed by atoms with E-state index in [1.165, 1.54) is 12.1 Å². The second-order valence-electron chi connectivity index (χ2n) is 6.57. The highest BCUT2D eigenvalue weighted by Crippen LogP contribution is 2.34. The largest absolute Gasteiger partial charge is 0.392 e. The molecule has 2 atom stereocenters. The summed E-state index contributed by atoms with van der Waals surface area (Å²) < 4.78 is 13.5. The summed E-state index contributed by atoms with van der Waals surface area (Å²) in [5.41, 5.74) is 3.93. The molecular weight excluding hydrogens is 321 g/mol. The lowest BCUT2D eigenvalue weighted by atomic mass is 9.89. The third-order valence-corrected chi connectivity index (χ3v) is 4.90. The van der Waals surface area contributed by atoms with Crippen LogP contribution in [-0.2, 0) is 11.4 Å². The number of benzene rings is 2. The van der Waals surface area contributed by atoms with Crippen LogP contribution in [0, 0.1) is 5.82 Å². The van der Waals surface area contributed by atoms with E-state index >= 15 is 0 Å². The molecule has 1 amide bonds. The minimum atomic E-state index is -0.793. The first-order valence-electron chi connectivity index (χ1n) is 8.44. The van der Waals surface area contributed by atoms with E-state index in [-0.39, 0.29) is 12.5 Å². The fourth-order valence-corrected chi connectivity index (χ4v) is 3.59. The summed E-state index contributed by atoms with van der Waals surface area (Å²) >= 11 is 0. The second kappa shape index (κ2) is 7.33. The summed E-state index contributed by atoms with van der Waals surface area (Å²) in [7, 11) is 0. The molecule has 5 heteroatoms. The Kier molecular flexibility index (Phi) is 5.16. The maximum Gasteiger partial charge on any atom is 0.209 e. The quantitative estimate of drug-likeness (QED) is 0.821. The molecule has 0 bridgehead atoms. The molecule has 2 unspecified atom stereocenters. The number of hydrogen-bond donors (Lipinski definition) is 2. The minimum absolute atomic E-state index is 0.105. The predicted octanol–water partition coefficient (Wildman–Crippen LogP) is 2.98. The van der Waals surface area contributed by atoms with Gasteiger partial charge in [0.25, 0.3) is 0 Å². The molecule has 132 valence electrons. The van der Waals surface area contributed by atoms with Crippen LogP contribution in [0.3, 0.4) is 0 Å². The van der Waals surface area contributed by atoms with Crippen molar-refractivity contribution in [2.75, 3.05) is 13.1 Å². The number of nitrogens with zero attached hydrogens (tertiary/aromatic N) is 1. The van der Waals surface area contributed by atoms with Gasteiger partial charge in [0.2, 0.25) is 6.41 Å². The van der Waals surface area contributed by atoms with Gasteiger partial charge in [0.1, 0.15) is 5.82 Å². The van der Waals surface area contributed by atoms with Gasteiger partial charge >= 0.3 is 0 Å². The highest BCUT2D eigenvalue weighted by Gasteiger charge is 2.25. The average Bonchev–Trinajstić information content (AvgIpc) is 3.10. The van der Waals surface area contributed by atoms with Crippen molar-refractivity contribution >= 4 is 6.41 Å². The molecule has 0 aliphatic carbocycles. The minimum Gasteiger partial charge on any atom is -0.392 e. The summed E-state index contributed by atoms with van der Waals surface area (Å²) in [4.78, 5) is 12.7. The summed E-state index contributed by atoms with van der Waals surface area (Å²) in [6.45, 7) is 2.88. The van der Waals surface area contributed by atoms with Gasteiger partial charge in [0.15, 0.2) is 0 Å². The Morgan fingerprint density at radius 2 is 2.12 bits per heavy atom. The van der Waals surface area contributed by atoms with Gasteiger partial charge in [0, 0.05) is 19.0 Å². The number of aliphatic hydroxyl groups excluding tert-OH is 2. The first-order chi connectivity index (χ1) is 12.0. The van der Waals surface area contributed by atoms with Crippen LogP contribution in [0.15, 0.2) is 36.4 Å². The Bertz CT molecular complexity index is 776. The molecule has 3 rings (SSSR count). The van der Waals surface area contributed by atoms with Gasteiger partial charge in [-0.25, -0.2) is 4.39 Å².